The van der Waals surface area contributed by atoms with Crippen LogP contribution in [0.5, 0.6) is 11.5 Å². The molecule has 0 unspecified atom stereocenters. The maximum Gasteiger partial charge on any atom is 0.263 e. The van der Waals surface area contributed by atoms with Crippen LogP contribution in [-0.2, 0) is 26.8 Å². The number of carbonyl (C=O) groups excluding carboxylic acids is 1. The van der Waals surface area contributed by atoms with Gasteiger partial charge in [0, 0.05) is 55.4 Å². The number of aromatic nitrogens is 4. The summed E-state index contributed by atoms with van der Waals surface area (Å²) in [5.41, 5.74) is 8.10. The van der Waals surface area contributed by atoms with Crippen molar-refractivity contribution in [1.29, 1.82) is 0 Å². The minimum absolute atomic E-state index is 0.00314. The van der Waals surface area contributed by atoms with Gasteiger partial charge in [0.05, 0.1) is 41.9 Å². The van der Waals surface area contributed by atoms with Gasteiger partial charge in [-0.1, -0.05) is 24.3 Å². The summed E-state index contributed by atoms with van der Waals surface area (Å²) in [5.74, 6) is 0.777. The van der Waals surface area contributed by atoms with Crippen LogP contribution in [0.4, 0.5) is 17.3 Å². The number of nitrogens with zero attached hydrogens (tertiary/aromatic N) is 4. The predicted octanol–water partition coefficient (Wildman–Crippen LogP) is 3.15. The molecule has 44 heavy (non-hydrogen) atoms. The Morgan fingerprint density at radius 1 is 0.977 bits per heavy atom. The molecule has 2 aromatic heterocycles. The second kappa shape index (κ2) is 11.5. The fourth-order valence-corrected chi connectivity index (χ4v) is 6.24. The van der Waals surface area contributed by atoms with Crippen molar-refractivity contribution in [3.05, 3.63) is 90.5 Å². The van der Waals surface area contributed by atoms with Crippen LogP contribution in [0, 0.1) is 0 Å². The zero-order valence-corrected chi connectivity index (χ0v) is 24.8. The first-order valence-corrected chi connectivity index (χ1v) is 15.1. The molecule has 13 nitrogen and oxygen atoms in total. The van der Waals surface area contributed by atoms with Crippen LogP contribution >= 0.6 is 0 Å². The van der Waals surface area contributed by atoms with Gasteiger partial charge in [0.15, 0.2) is 11.6 Å². The Morgan fingerprint density at radius 2 is 1.61 bits per heavy atom. The van der Waals surface area contributed by atoms with E-state index in [1.807, 2.05) is 6.07 Å². The molecule has 0 spiro atoms. The van der Waals surface area contributed by atoms with E-state index in [1.165, 1.54) is 26.4 Å². The first-order chi connectivity index (χ1) is 21.2. The van der Waals surface area contributed by atoms with Gasteiger partial charge in [-0.25, -0.2) is 23.4 Å². The molecular formula is C30H30N8O5S. The van der Waals surface area contributed by atoms with Crippen molar-refractivity contribution in [2.45, 2.75) is 16.9 Å². The molecule has 5 aromatic rings. The third-order valence-electron chi connectivity index (χ3n) is 7.54. The van der Waals surface area contributed by atoms with Crippen LogP contribution in [0.1, 0.15) is 11.3 Å². The summed E-state index contributed by atoms with van der Waals surface area (Å²) in [6.07, 6.45) is 3.33. The fraction of sp³-hybridized carbons (Fsp3) is 0.200. The van der Waals surface area contributed by atoms with Gasteiger partial charge in [0.25, 0.3) is 10.0 Å². The number of imidazole rings is 1. The van der Waals surface area contributed by atoms with E-state index in [0.717, 1.165) is 5.69 Å². The average Bonchev–Trinajstić information content (AvgIpc) is 3.52. The highest BCUT2D eigenvalue weighted by atomic mass is 32.2. The predicted molar refractivity (Wildman–Crippen MR) is 164 cm³/mol. The summed E-state index contributed by atoms with van der Waals surface area (Å²) in [6, 6.07) is 18.4. The Morgan fingerprint density at radius 3 is 2.18 bits per heavy atom. The Bertz CT molecular complexity index is 1900. The third-order valence-corrected chi connectivity index (χ3v) is 8.90. The number of likely N-dealkylation sites (tertiary alicyclic amines) is 1. The van der Waals surface area contributed by atoms with E-state index in [0.29, 0.717) is 53.4 Å². The van der Waals surface area contributed by atoms with Crippen LogP contribution in [0.2, 0.25) is 0 Å². The molecule has 3 heterocycles. The number of rotatable bonds is 11. The molecule has 1 aliphatic heterocycles. The summed E-state index contributed by atoms with van der Waals surface area (Å²) in [5, 5.41) is 3.14. The lowest BCUT2D eigenvalue weighted by molar-refractivity contribution is -0.130. The number of carbonyl (C=O) groups is 1. The van der Waals surface area contributed by atoms with Crippen LogP contribution in [0.25, 0.3) is 11.0 Å². The van der Waals surface area contributed by atoms with Gasteiger partial charge in [0.2, 0.25) is 5.91 Å². The highest BCUT2D eigenvalue weighted by molar-refractivity contribution is 7.92. The number of nitrogens with one attached hydrogen (secondary N) is 3. The Labute approximate surface area is 253 Å². The molecule has 0 bridgehead atoms. The van der Waals surface area contributed by atoms with E-state index in [2.05, 4.69) is 34.9 Å². The maximum absolute atomic E-state index is 13.6. The molecule has 0 saturated carbocycles. The van der Waals surface area contributed by atoms with Crippen molar-refractivity contribution in [3.63, 3.8) is 0 Å². The Hall–Kier alpha value is -5.21. The van der Waals surface area contributed by atoms with Crippen molar-refractivity contribution in [2.24, 2.45) is 5.73 Å². The van der Waals surface area contributed by atoms with Crippen LogP contribution < -0.4 is 25.2 Å². The molecule has 0 radical (unpaired) electrons. The smallest absolute Gasteiger partial charge is 0.263 e. The van der Waals surface area contributed by atoms with Crippen LogP contribution in [0.15, 0.2) is 84.1 Å². The minimum atomic E-state index is -4.12. The zero-order chi connectivity index (χ0) is 30.9. The van der Waals surface area contributed by atoms with Gasteiger partial charge in [-0.3, -0.25) is 14.4 Å². The number of hydrogen-bond acceptors (Lipinski definition) is 10. The second-order valence-electron chi connectivity index (χ2n) is 10.4. The molecular weight excluding hydrogens is 584 g/mol. The highest BCUT2D eigenvalue weighted by Crippen LogP contribution is 2.36. The van der Waals surface area contributed by atoms with Gasteiger partial charge >= 0.3 is 0 Å². The summed E-state index contributed by atoms with van der Waals surface area (Å²) in [6.45, 7) is 1.40. The second-order valence-corrected chi connectivity index (χ2v) is 12.1. The minimum Gasteiger partial charge on any atom is -0.497 e. The number of nitrogens with two attached hydrogens (primary N) is 1. The third kappa shape index (κ3) is 5.59. The monoisotopic (exact) mass is 614 g/mol. The van der Waals surface area contributed by atoms with Gasteiger partial charge in [0.1, 0.15) is 11.5 Å². The first-order valence-electron chi connectivity index (χ1n) is 13.6. The number of primary amides is 1. The number of fused-ring (bicyclic) bond motifs is 1. The Kier molecular flexibility index (Phi) is 7.53. The summed E-state index contributed by atoms with van der Waals surface area (Å²) < 4.78 is 40.5. The summed E-state index contributed by atoms with van der Waals surface area (Å²) in [4.78, 5) is 30.9. The number of para-hydroxylation sites is 2. The molecule has 6 rings (SSSR count). The van der Waals surface area contributed by atoms with E-state index in [1.54, 1.807) is 61.1 Å². The lowest BCUT2D eigenvalue weighted by Gasteiger charge is -2.48. The zero-order valence-electron chi connectivity index (χ0n) is 23.9. The number of ether oxygens (including phenoxy) is 2. The van der Waals surface area contributed by atoms with E-state index >= 15 is 0 Å². The number of H-pyrrole nitrogens is 1. The van der Waals surface area contributed by atoms with Crippen molar-refractivity contribution in [1.82, 2.24) is 24.8 Å². The van der Waals surface area contributed by atoms with E-state index in [9.17, 15) is 13.2 Å². The average molecular weight is 615 g/mol. The molecule has 3 aromatic carbocycles. The van der Waals surface area contributed by atoms with Crippen molar-refractivity contribution < 1.29 is 22.7 Å². The molecule has 0 aliphatic carbocycles. The maximum atomic E-state index is 13.6. The first kappa shape index (κ1) is 28.9. The lowest BCUT2D eigenvalue weighted by atomic mass is 9.73. The molecule has 1 fully saturated rings. The fourth-order valence-electron chi connectivity index (χ4n) is 5.24. The molecule has 1 saturated heterocycles. The SMILES string of the molecule is COc1cc(Nc2nc3ccccc3nc2NS(=O)(=O)c2ccc(C3(C(N)=O)CN(Cc4cnc[nH]4)C3)cc2)cc(OC)c1. The number of methoxy groups -OCH3 is 2. The van der Waals surface area contributed by atoms with Gasteiger partial charge in [-0.05, 0) is 29.8 Å². The number of hydrogen-bond donors (Lipinski definition) is 4. The van der Waals surface area contributed by atoms with E-state index in [-0.39, 0.29) is 16.5 Å². The Balaban J connectivity index is 1.27. The van der Waals surface area contributed by atoms with Gasteiger partial charge < -0.3 is 25.5 Å². The highest BCUT2D eigenvalue weighted by Gasteiger charge is 2.49. The number of amides is 1. The summed E-state index contributed by atoms with van der Waals surface area (Å²) >= 11 is 0. The number of anilines is 3. The molecule has 14 heteroatoms. The van der Waals surface area contributed by atoms with Crippen molar-refractivity contribution in [2.75, 3.05) is 37.3 Å². The lowest BCUT2D eigenvalue weighted by Crippen LogP contribution is -2.65. The van der Waals surface area contributed by atoms with Crippen molar-refractivity contribution in [3.8, 4) is 11.5 Å². The van der Waals surface area contributed by atoms with E-state index in [4.69, 9.17) is 15.2 Å². The number of aromatic amines is 1. The molecule has 1 aliphatic rings. The number of benzene rings is 3. The topological polar surface area (TPSA) is 177 Å². The van der Waals surface area contributed by atoms with Crippen molar-refractivity contribution >= 4 is 44.3 Å². The molecule has 5 N–H and O–H groups in total. The van der Waals surface area contributed by atoms with E-state index < -0.39 is 21.3 Å². The standard InChI is InChI=1S/C30H30N8O5S/c1-42-22-11-20(12-23(13-22)43-2)34-27-28(36-26-6-4-3-5-25(26)35-27)37-44(40,41)24-9-7-19(8-10-24)30(29(31)39)16-38(17-30)15-21-14-32-18-33-21/h3-14,18H,15-17H2,1-2H3,(H2,31,39)(H,32,33)(H,34,35)(H,36,37). The van der Waals surface area contributed by atoms with Gasteiger partial charge in [-0.15, -0.1) is 0 Å². The molecule has 0 atom stereocenters. The largest absolute Gasteiger partial charge is 0.497 e. The van der Waals surface area contributed by atoms with Gasteiger partial charge in [-0.2, -0.15) is 0 Å². The normalized spacial score (nSPS) is 14.5. The molecule has 226 valence electrons. The molecule has 1 amide bonds. The summed E-state index contributed by atoms with van der Waals surface area (Å²) in [7, 11) is -1.05. The van der Waals surface area contributed by atoms with Crippen LogP contribution in [-0.4, -0.2) is 66.5 Å². The quantitative estimate of drug-likeness (QED) is 0.173. The number of sulfonamides is 1. The van der Waals surface area contributed by atoms with Crippen LogP contribution in [0.3, 0.4) is 0 Å².